The maximum Gasteiger partial charge on any atom is 0.251 e. The lowest BCUT2D eigenvalue weighted by Crippen LogP contribution is -2.33. The van der Waals surface area contributed by atoms with Crippen molar-refractivity contribution in [1.29, 1.82) is 0 Å². The van der Waals surface area contributed by atoms with E-state index in [9.17, 15) is 9.59 Å². The average Bonchev–Trinajstić information content (AvgIpc) is 2.82. The molecule has 2 N–H and O–H groups in total. The van der Waals surface area contributed by atoms with Crippen molar-refractivity contribution in [3.05, 3.63) is 89.6 Å². The van der Waals surface area contributed by atoms with Gasteiger partial charge in [-0.3, -0.25) is 14.6 Å². The van der Waals surface area contributed by atoms with Gasteiger partial charge in [0, 0.05) is 16.8 Å². The second kappa shape index (κ2) is 9.39. The highest BCUT2D eigenvalue weighted by atomic mass is 16.2. The Labute approximate surface area is 186 Å². The highest BCUT2D eigenvalue weighted by Crippen LogP contribution is 2.26. The third-order valence-corrected chi connectivity index (χ3v) is 5.23. The zero-order valence-corrected chi connectivity index (χ0v) is 18.1. The monoisotopic (exact) mass is 424 g/mol. The number of rotatable bonds is 6. The second-order valence-electron chi connectivity index (χ2n) is 7.57. The van der Waals surface area contributed by atoms with E-state index in [0.29, 0.717) is 11.3 Å². The lowest BCUT2D eigenvalue weighted by molar-refractivity contribution is -0.115. The van der Waals surface area contributed by atoms with Gasteiger partial charge in [0.15, 0.2) is 0 Å². The second-order valence-corrected chi connectivity index (χ2v) is 7.57. The van der Waals surface area contributed by atoms with Gasteiger partial charge >= 0.3 is 0 Å². The van der Waals surface area contributed by atoms with E-state index in [0.717, 1.165) is 39.8 Å². The van der Waals surface area contributed by atoms with Crippen molar-refractivity contribution in [2.45, 2.75) is 20.3 Å². The summed E-state index contributed by atoms with van der Waals surface area (Å²) in [5, 5.41) is 5.59. The molecule has 1 aromatic heterocycles. The van der Waals surface area contributed by atoms with Gasteiger partial charge in [-0.2, -0.15) is 0 Å². The standard InChI is InChI=1S/C26H24N4O2/c1-3-18-12-13-20(24-15-27-21-6-4-5-7-22(21)29-24)14-23(18)30-25(31)16-28-26(32)19-10-8-17(2)9-11-19/h4-15H,3,16H2,1-2H3,(H,28,32)(H,30,31). The molecular weight excluding hydrogens is 400 g/mol. The molecule has 0 aliphatic carbocycles. The van der Waals surface area contributed by atoms with Crippen molar-refractivity contribution >= 4 is 28.5 Å². The zero-order valence-electron chi connectivity index (χ0n) is 18.1. The molecule has 3 aromatic carbocycles. The zero-order chi connectivity index (χ0) is 22.5. The minimum Gasteiger partial charge on any atom is -0.343 e. The van der Waals surface area contributed by atoms with Crippen LogP contribution in [0.4, 0.5) is 5.69 Å². The van der Waals surface area contributed by atoms with Gasteiger partial charge in [0.1, 0.15) is 0 Å². The fourth-order valence-corrected chi connectivity index (χ4v) is 3.42. The number of para-hydroxylation sites is 2. The molecule has 0 saturated heterocycles. The number of aromatic nitrogens is 2. The van der Waals surface area contributed by atoms with E-state index in [1.165, 1.54) is 0 Å². The summed E-state index contributed by atoms with van der Waals surface area (Å²) >= 11 is 0. The molecule has 0 aliphatic rings. The largest absolute Gasteiger partial charge is 0.343 e. The van der Waals surface area contributed by atoms with Gasteiger partial charge in [-0.25, -0.2) is 4.98 Å². The van der Waals surface area contributed by atoms with Crippen molar-refractivity contribution in [3.63, 3.8) is 0 Å². The molecular formula is C26H24N4O2. The molecule has 0 aliphatic heterocycles. The third kappa shape index (κ3) is 4.81. The number of aryl methyl sites for hydroxylation is 2. The fraction of sp³-hybridized carbons (Fsp3) is 0.154. The fourth-order valence-electron chi connectivity index (χ4n) is 3.42. The maximum atomic E-state index is 12.5. The SMILES string of the molecule is CCc1ccc(-c2cnc3ccccc3n2)cc1NC(=O)CNC(=O)c1ccc(C)cc1. The highest BCUT2D eigenvalue weighted by Gasteiger charge is 2.12. The lowest BCUT2D eigenvalue weighted by Gasteiger charge is -2.13. The summed E-state index contributed by atoms with van der Waals surface area (Å²) in [4.78, 5) is 34.0. The normalized spacial score (nSPS) is 10.7. The van der Waals surface area contributed by atoms with Crippen LogP contribution in [0.1, 0.15) is 28.4 Å². The van der Waals surface area contributed by atoms with Gasteiger partial charge in [-0.05, 0) is 49.2 Å². The van der Waals surface area contributed by atoms with E-state index in [-0.39, 0.29) is 18.4 Å². The molecule has 0 atom stereocenters. The van der Waals surface area contributed by atoms with Crippen molar-refractivity contribution < 1.29 is 9.59 Å². The predicted octanol–water partition coefficient (Wildman–Crippen LogP) is 4.54. The summed E-state index contributed by atoms with van der Waals surface area (Å²) in [5.41, 5.74) is 6.54. The molecule has 0 spiro atoms. The quantitative estimate of drug-likeness (QED) is 0.476. The summed E-state index contributed by atoms with van der Waals surface area (Å²) in [6, 6.07) is 20.8. The van der Waals surface area contributed by atoms with Crippen LogP contribution in [0.25, 0.3) is 22.3 Å². The molecule has 1 heterocycles. The van der Waals surface area contributed by atoms with Crippen LogP contribution in [0.5, 0.6) is 0 Å². The van der Waals surface area contributed by atoms with Gasteiger partial charge in [0.05, 0.1) is 29.5 Å². The number of fused-ring (bicyclic) bond motifs is 1. The van der Waals surface area contributed by atoms with E-state index in [1.807, 2.05) is 68.4 Å². The Morgan fingerprint density at radius 2 is 1.69 bits per heavy atom. The number of hydrogen-bond acceptors (Lipinski definition) is 4. The summed E-state index contributed by atoms with van der Waals surface area (Å²) in [7, 11) is 0. The molecule has 0 unspecified atom stereocenters. The van der Waals surface area contributed by atoms with Crippen molar-refractivity contribution in [2.75, 3.05) is 11.9 Å². The van der Waals surface area contributed by atoms with Crippen LogP contribution in [-0.4, -0.2) is 28.3 Å². The van der Waals surface area contributed by atoms with Crippen molar-refractivity contribution in [2.24, 2.45) is 0 Å². The van der Waals surface area contributed by atoms with Gasteiger partial charge < -0.3 is 10.6 Å². The Hall–Kier alpha value is -4.06. The van der Waals surface area contributed by atoms with Gasteiger partial charge in [-0.1, -0.05) is 48.9 Å². The number of nitrogens with one attached hydrogen (secondary N) is 2. The first-order valence-electron chi connectivity index (χ1n) is 10.5. The van der Waals surface area contributed by atoms with Crippen LogP contribution in [0.15, 0.2) is 72.9 Å². The molecule has 6 heteroatoms. The first kappa shape index (κ1) is 21.2. The van der Waals surface area contributed by atoms with Crippen LogP contribution in [0.3, 0.4) is 0 Å². The summed E-state index contributed by atoms with van der Waals surface area (Å²) < 4.78 is 0. The maximum absolute atomic E-state index is 12.5. The number of nitrogens with zero attached hydrogens (tertiary/aromatic N) is 2. The number of amides is 2. The Balaban J connectivity index is 1.49. The molecule has 32 heavy (non-hydrogen) atoms. The van der Waals surface area contributed by atoms with Crippen LogP contribution < -0.4 is 10.6 Å². The molecule has 2 amide bonds. The Morgan fingerprint density at radius 1 is 0.938 bits per heavy atom. The lowest BCUT2D eigenvalue weighted by atomic mass is 10.0. The molecule has 4 aromatic rings. The van der Waals surface area contributed by atoms with Crippen LogP contribution >= 0.6 is 0 Å². The first-order valence-corrected chi connectivity index (χ1v) is 10.5. The average molecular weight is 425 g/mol. The molecule has 0 bridgehead atoms. The topological polar surface area (TPSA) is 84.0 Å². The van der Waals surface area contributed by atoms with E-state index in [4.69, 9.17) is 0 Å². The minimum absolute atomic E-state index is 0.115. The van der Waals surface area contributed by atoms with Gasteiger partial charge in [0.25, 0.3) is 5.91 Å². The number of hydrogen-bond donors (Lipinski definition) is 2. The number of carbonyl (C=O) groups excluding carboxylic acids is 2. The Morgan fingerprint density at radius 3 is 2.44 bits per heavy atom. The number of carbonyl (C=O) groups is 2. The van der Waals surface area contributed by atoms with Gasteiger partial charge in [-0.15, -0.1) is 0 Å². The van der Waals surface area contributed by atoms with E-state index in [2.05, 4.69) is 20.6 Å². The third-order valence-electron chi connectivity index (χ3n) is 5.23. The summed E-state index contributed by atoms with van der Waals surface area (Å²) in [6.45, 7) is 3.87. The Bertz CT molecular complexity index is 1280. The molecule has 160 valence electrons. The van der Waals surface area contributed by atoms with E-state index >= 15 is 0 Å². The van der Waals surface area contributed by atoms with Crippen LogP contribution in [-0.2, 0) is 11.2 Å². The Kier molecular flexibility index (Phi) is 6.22. The molecule has 4 rings (SSSR count). The summed E-state index contributed by atoms with van der Waals surface area (Å²) in [5.74, 6) is -0.571. The smallest absolute Gasteiger partial charge is 0.251 e. The molecule has 0 radical (unpaired) electrons. The van der Waals surface area contributed by atoms with Crippen molar-refractivity contribution in [3.8, 4) is 11.3 Å². The highest BCUT2D eigenvalue weighted by molar-refractivity contribution is 5.99. The van der Waals surface area contributed by atoms with Crippen LogP contribution in [0.2, 0.25) is 0 Å². The molecule has 6 nitrogen and oxygen atoms in total. The number of anilines is 1. The molecule has 0 fully saturated rings. The number of benzene rings is 3. The minimum atomic E-state index is -0.290. The predicted molar refractivity (Wildman–Crippen MR) is 126 cm³/mol. The van der Waals surface area contributed by atoms with E-state index < -0.39 is 0 Å². The van der Waals surface area contributed by atoms with E-state index in [1.54, 1.807) is 18.3 Å². The van der Waals surface area contributed by atoms with Crippen molar-refractivity contribution in [1.82, 2.24) is 15.3 Å². The molecule has 0 saturated carbocycles. The first-order chi connectivity index (χ1) is 15.5. The van der Waals surface area contributed by atoms with Crippen LogP contribution in [0, 0.1) is 6.92 Å². The summed E-state index contributed by atoms with van der Waals surface area (Å²) in [6.07, 6.45) is 2.49. The van der Waals surface area contributed by atoms with Gasteiger partial charge in [0.2, 0.25) is 5.91 Å².